The van der Waals surface area contributed by atoms with Gasteiger partial charge in [0.15, 0.2) is 0 Å². The minimum Gasteiger partial charge on any atom is -0.353 e. The van der Waals surface area contributed by atoms with Gasteiger partial charge < -0.3 is 11.1 Å². The molecule has 0 radical (unpaired) electrons. The van der Waals surface area contributed by atoms with Gasteiger partial charge in [0.25, 0.3) is 0 Å². The summed E-state index contributed by atoms with van der Waals surface area (Å²) in [5.41, 5.74) is 7.52. The number of anilines is 2. The zero-order valence-corrected chi connectivity index (χ0v) is 10.7. The molecule has 0 aliphatic heterocycles. The van der Waals surface area contributed by atoms with Crippen molar-refractivity contribution in [3.05, 3.63) is 58.3 Å². The van der Waals surface area contributed by atoms with E-state index in [9.17, 15) is 4.39 Å². The van der Waals surface area contributed by atoms with Crippen LogP contribution in [-0.2, 0) is 6.54 Å². The highest BCUT2D eigenvalue weighted by atomic mass is 79.9. The molecule has 17 heavy (non-hydrogen) atoms. The average molecular weight is 295 g/mol. The molecule has 0 spiro atoms. The first kappa shape index (κ1) is 12.1. The third kappa shape index (κ3) is 3.05. The summed E-state index contributed by atoms with van der Waals surface area (Å²) in [5, 5.41) is 3.01. The fraction of sp³-hybridized carbons (Fsp3) is 0.0769. The summed E-state index contributed by atoms with van der Waals surface area (Å²) in [6.07, 6.45) is 0. The topological polar surface area (TPSA) is 38.0 Å². The Balaban J connectivity index is 2.21. The maximum Gasteiger partial charge on any atom is 0.146 e. The van der Waals surface area contributed by atoms with Gasteiger partial charge in [0.1, 0.15) is 5.82 Å². The van der Waals surface area contributed by atoms with Crippen LogP contribution in [0.2, 0.25) is 0 Å². The molecule has 0 aliphatic rings. The van der Waals surface area contributed by atoms with Crippen LogP contribution in [0.15, 0.2) is 46.9 Å². The Morgan fingerprint density at radius 1 is 1.12 bits per heavy atom. The van der Waals surface area contributed by atoms with Crippen LogP contribution in [0.3, 0.4) is 0 Å². The highest BCUT2D eigenvalue weighted by Gasteiger charge is 2.03. The molecule has 88 valence electrons. The number of nitrogens with one attached hydrogen (secondary N) is 1. The Hall–Kier alpha value is -1.39. The van der Waals surface area contributed by atoms with Crippen LogP contribution in [0.5, 0.6) is 0 Å². The molecule has 0 saturated carbocycles. The monoisotopic (exact) mass is 294 g/mol. The molecule has 0 heterocycles. The second kappa shape index (κ2) is 5.29. The lowest BCUT2D eigenvalue weighted by Crippen LogP contribution is -1.99. The molecule has 0 aromatic heterocycles. The van der Waals surface area contributed by atoms with Gasteiger partial charge in [-0.3, -0.25) is 0 Å². The Morgan fingerprint density at radius 2 is 1.82 bits per heavy atom. The molecule has 2 rings (SSSR count). The number of halogens is 2. The fourth-order valence-electron chi connectivity index (χ4n) is 1.48. The first-order valence-corrected chi connectivity index (χ1v) is 5.99. The van der Waals surface area contributed by atoms with Gasteiger partial charge in [-0.1, -0.05) is 22.0 Å². The predicted octanol–water partition coefficient (Wildman–Crippen LogP) is 3.79. The Labute approximate surface area is 108 Å². The van der Waals surface area contributed by atoms with Crippen molar-refractivity contribution in [2.45, 2.75) is 6.54 Å². The lowest BCUT2D eigenvalue weighted by atomic mass is 10.2. The van der Waals surface area contributed by atoms with Gasteiger partial charge in [-0.25, -0.2) is 4.39 Å². The smallest absolute Gasteiger partial charge is 0.146 e. The van der Waals surface area contributed by atoms with Crippen molar-refractivity contribution < 1.29 is 4.39 Å². The number of rotatable bonds is 3. The normalized spacial score (nSPS) is 10.3. The molecule has 3 N–H and O–H groups in total. The van der Waals surface area contributed by atoms with Crippen LogP contribution in [0.4, 0.5) is 15.8 Å². The van der Waals surface area contributed by atoms with E-state index in [1.807, 2.05) is 30.3 Å². The van der Waals surface area contributed by atoms with E-state index in [4.69, 9.17) is 5.73 Å². The standard InChI is InChI=1S/C13H12BrFN2/c14-10-2-4-11(5-3-10)17-13-6-1-9(8-16)7-12(13)15/h1-7,17H,8,16H2. The van der Waals surface area contributed by atoms with Crippen LogP contribution in [0, 0.1) is 5.82 Å². The van der Waals surface area contributed by atoms with E-state index in [2.05, 4.69) is 21.2 Å². The molecule has 0 amide bonds. The van der Waals surface area contributed by atoms with Crippen molar-refractivity contribution in [3.63, 3.8) is 0 Å². The third-order valence-corrected chi connectivity index (χ3v) is 2.92. The number of benzene rings is 2. The molecular weight excluding hydrogens is 283 g/mol. The summed E-state index contributed by atoms with van der Waals surface area (Å²) >= 11 is 3.35. The fourth-order valence-corrected chi connectivity index (χ4v) is 1.74. The lowest BCUT2D eigenvalue weighted by molar-refractivity contribution is 0.629. The maximum absolute atomic E-state index is 13.7. The lowest BCUT2D eigenvalue weighted by Gasteiger charge is -2.08. The van der Waals surface area contributed by atoms with Crippen molar-refractivity contribution >= 4 is 27.3 Å². The van der Waals surface area contributed by atoms with Crippen molar-refractivity contribution in [1.82, 2.24) is 0 Å². The summed E-state index contributed by atoms with van der Waals surface area (Å²) in [5.74, 6) is -0.295. The van der Waals surface area contributed by atoms with Crippen molar-refractivity contribution in [2.75, 3.05) is 5.32 Å². The number of nitrogens with two attached hydrogens (primary N) is 1. The van der Waals surface area contributed by atoms with Gasteiger partial charge in [-0.15, -0.1) is 0 Å². The van der Waals surface area contributed by atoms with Gasteiger partial charge in [0, 0.05) is 16.7 Å². The van der Waals surface area contributed by atoms with E-state index in [-0.39, 0.29) is 5.82 Å². The SMILES string of the molecule is NCc1ccc(Nc2ccc(Br)cc2)c(F)c1. The van der Waals surface area contributed by atoms with E-state index in [1.165, 1.54) is 6.07 Å². The molecule has 2 nitrogen and oxygen atoms in total. The molecule has 2 aromatic rings. The van der Waals surface area contributed by atoms with E-state index in [0.717, 1.165) is 15.7 Å². The Morgan fingerprint density at radius 3 is 2.41 bits per heavy atom. The van der Waals surface area contributed by atoms with Crippen LogP contribution < -0.4 is 11.1 Å². The Kier molecular flexibility index (Phi) is 3.76. The average Bonchev–Trinajstić information content (AvgIpc) is 2.34. The van der Waals surface area contributed by atoms with Gasteiger partial charge in [0.2, 0.25) is 0 Å². The molecule has 0 bridgehead atoms. The second-order valence-electron chi connectivity index (χ2n) is 3.65. The zero-order valence-electron chi connectivity index (χ0n) is 9.08. The molecule has 0 saturated heterocycles. The first-order valence-electron chi connectivity index (χ1n) is 5.20. The molecular formula is C13H12BrFN2. The van der Waals surface area contributed by atoms with Crippen LogP contribution in [0.1, 0.15) is 5.56 Å². The van der Waals surface area contributed by atoms with Crippen molar-refractivity contribution in [1.29, 1.82) is 0 Å². The van der Waals surface area contributed by atoms with Crippen molar-refractivity contribution in [2.24, 2.45) is 5.73 Å². The Bertz CT molecular complexity index is 511. The van der Waals surface area contributed by atoms with E-state index >= 15 is 0 Å². The first-order chi connectivity index (χ1) is 8.19. The van der Waals surface area contributed by atoms with E-state index < -0.39 is 0 Å². The number of hydrogen-bond acceptors (Lipinski definition) is 2. The quantitative estimate of drug-likeness (QED) is 0.904. The summed E-state index contributed by atoms with van der Waals surface area (Å²) in [6, 6.07) is 12.5. The number of hydrogen-bond donors (Lipinski definition) is 2. The van der Waals surface area contributed by atoms with Crippen LogP contribution in [0.25, 0.3) is 0 Å². The minimum absolute atomic E-state index is 0.295. The van der Waals surface area contributed by atoms with Gasteiger partial charge in [-0.05, 0) is 42.0 Å². The van der Waals surface area contributed by atoms with Gasteiger partial charge in [0.05, 0.1) is 5.69 Å². The van der Waals surface area contributed by atoms with Gasteiger partial charge in [-0.2, -0.15) is 0 Å². The van der Waals surface area contributed by atoms with Crippen LogP contribution >= 0.6 is 15.9 Å². The molecule has 0 unspecified atom stereocenters. The highest BCUT2D eigenvalue weighted by molar-refractivity contribution is 9.10. The van der Waals surface area contributed by atoms with Crippen molar-refractivity contribution in [3.8, 4) is 0 Å². The molecule has 4 heteroatoms. The van der Waals surface area contributed by atoms with Crippen LogP contribution in [-0.4, -0.2) is 0 Å². The largest absolute Gasteiger partial charge is 0.353 e. The molecule has 2 aromatic carbocycles. The predicted molar refractivity (Wildman–Crippen MR) is 71.7 cm³/mol. The molecule has 0 aliphatic carbocycles. The summed E-state index contributed by atoms with van der Waals surface area (Å²) in [4.78, 5) is 0. The second-order valence-corrected chi connectivity index (χ2v) is 4.57. The summed E-state index contributed by atoms with van der Waals surface area (Å²) in [7, 11) is 0. The van der Waals surface area contributed by atoms with E-state index in [1.54, 1.807) is 6.07 Å². The third-order valence-electron chi connectivity index (χ3n) is 2.39. The van der Waals surface area contributed by atoms with E-state index in [0.29, 0.717) is 12.2 Å². The highest BCUT2D eigenvalue weighted by Crippen LogP contribution is 2.22. The zero-order chi connectivity index (χ0) is 12.3. The van der Waals surface area contributed by atoms with Gasteiger partial charge >= 0.3 is 0 Å². The minimum atomic E-state index is -0.295. The summed E-state index contributed by atoms with van der Waals surface area (Å²) < 4.78 is 14.7. The maximum atomic E-state index is 13.7. The molecule has 0 fully saturated rings. The molecule has 0 atom stereocenters. The summed E-state index contributed by atoms with van der Waals surface area (Å²) in [6.45, 7) is 0.343.